The number of methoxy groups -OCH3 is 1. The fourth-order valence-electron chi connectivity index (χ4n) is 3.51. The Balaban J connectivity index is 1.70. The number of aromatic nitrogens is 1. The van der Waals surface area contributed by atoms with Crippen LogP contribution in [0.1, 0.15) is 39.4 Å². The van der Waals surface area contributed by atoms with E-state index in [0.717, 1.165) is 28.6 Å². The van der Waals surface area contributed by atoms with Gasteiger partial charge in [-0.1, -0.05) is 11.3 Å². The van der Waals surface area contributed by atoms with E-state index in [1.165, 1.54) is 23.5 Å². The van der Waals surface area contributed by atoms with Crippen molar-refractivity contribution < 1.29 is 37.8 Å². The molecule has 0 atom stereocenters. The number of amides is 2. The molecule has 2 amide bonds. The monoisotopic (exact) mass is 597 g/mol. The summed E-state index contributed by atoms with van der Waals surface area (Å²) < 4.78 is 31.4. The molecule has 210 valence electrons. The summed E-state index contributed by atoms with van der Waals surface area (Å²) in [5, 5.41) is 2.82. The second-order valence-electron chi connectivity index (χ2n) is 7.89. The molecule has 0 spiro atoms. The molecule has 10 nitrogen and oxygen atoms in total. The van der Waals surface area contributed by atoms with Crippen LogP contribution in [0.5, 0.6) is 0 Å². The molecule has 0 saturated heterocycles. The molecule has 0 radical (unpaired) electrons. The third-order valence-corrected chi connectivity index (χ3v) is 8.33. The largest absolute Gasteiger partial charge is 0.462 e. The Kier molecular flexibility index (Phi) is 11.2. The van der Waals surface area contributed by atoms with Crippen LogP contribution in [0.4, 0.5) is 9.39 Å². The number of thiophene rings is 1. The molecule has 39 heavy (non-hydrogen) atoms. The first-order valence-corrected chi connectivity index (χ1v) is 14.7. The van der Waals surface area contributed by atoms with Gasteiger partial charge in [0.15, 0.2) is 4.80 Å². The van der Waals surface area contributed by atoms with Crippen LogP contribution in [0, 0.1) is 12.7 Å². The number of thiazole rings is 1. The highest BCUT2D eigenvalue weighted by Gasteiger charge is 2.27. The van der Waals surface area contributed by atoms with Gasteiger partial charge in [-0.25, -0.2) is 14.0 Å². The molecule has 0 aliphatic carbocycles. The minimum absolute atomic E-state index is 0.0808. The molecule has 0 unspecified atom stereocenters. The standard InChI is InChI=1S/C25H28FN3O7S3/c1-5-35-23(32)20-14(3)21(24(33)36-6-2)39-22(20)27-18(30)12-37-13-19(31)28-25-29(9-10-34-4)16-8-7-15(26)11-17(16)38-25/h7-8,11H,5-6,9-10,12-13H2,1-4H3,(H,27,30). The fraction of sp³-hybridized carbons (Fsp3) is 0.400. The van der Waals surface area contributed by atoms with Crippen molar-refractivity contribution in [1.29, 1.82) is 0 Å². The molecule has 1 N–H and O–H groups in total. The Morgan fingerprint density at radius 2 is 1.79 bits per heavy atom. The number of thioether (sulfide) groups is 1. The summed E-state index contributed by atoms with van der Waals surface area (Å²) in [4.78, 5) is 54.8. The maximum atomic E-state index is 13.7. The summed E-state index contributed by atoms with van der Waals surface area (Å²) in [5.41, 5.74) is 1.19. The minimum atomic E-state index is -0.663. The smallest absolute Gasteiger partial charge is 0.348 e. The van der Waals surface area contributed by atoms with E-state index in [1.807, 2.05) is 0 Å². The summed E-state index contributed by atoms with van der Waals surface area (Å²) in [7, 11) is 1.56. The number of fused-ring (bicyclic) bond motifs is 1. The second kappa shape index (κ2) is 14.4. The highest BCUT2D eigenvalue weighted by molar-refractivity contribution is 8.00. The van der Waals surface area contributed by atoms with Crippen LogP contribution in [0.3, 0.4) is 0 Å². The number of nitrogens with one attached hydrogen (secondary N) is 1. The Morgan fingerprint density at radius 1 is 1.08 bits per heavy atom. The average Bonchev–Trinajstić information content (AvgIpc) is 3.38. The number of halogens is 1. The number of nitrogens with zero attached hydrogens (tertiary/aromatic N) is 2. The lowest BCUT2D eigenvalue weighted by atomic mass is 10.1. The Morgan fingerprint density at radius 3 is 2.49 bits per heavy atom. The molecule has 0 aliphatic heterocycles. The third-order valence-electron chi connectivity index (χ3n) is 5.18. The van der Waals surface area contributed by atoms with Gasteiger partial charge in [0.05, 0.1) is 47.1 Å². The predicted octanol–water partition coefficient (Wildman–Crippen LogP) is 4.01. The summed E-state index contributed by atoms with van der Waals surface area (Å²) in [6, 6.07) is 4.36. The summed E-state index contributed by atoms with van der Waals surface area (Å²) >= 11 is 3.16. The zero-order valence-corrected chi connectivity index (χ0v) is 24.3. The molecule has 14 heteroatoms. The lowest BCUT2D eigenvalue weighted by Crippen LogP contribution is -2.20. The summed E-state index contributed by atoms with van der Waals surface area (Å²) in [6.07, 6.45) is 0. The average molecular weight is 598 g/mol. The van der Waals surface area contributed by atoms with E-state index in [4.69, 9.17) is 14.2 Å². The molecule has 3 rings (SSSR count). The number of carbonyl (C=O) groups excluding carboxylic acids is 4. The van der Waals surface area contributed by atoms with E-state index < -0.39 is 23.8 Å². The zero-order chi connectivity index (χ0) is 28.5. The van der Waals surface area contributed by atoms with Gasteiger partial charge in [-0.05, 0) is 44.5 Å². The maximum absolute atomic E-state index is 13.7. The van der Waals surface area contributed by atoms with Gasteiger partial charge < -0.3 is 24.1 Å². The Hall–Kier alpha value is -3.07. The molecule has 1 aromatic carbocycles. The van der Waals surface area contributed by atoms with Crippen molar-refractivity contribution >= 4 is 73.4 Å². The van der Waals surface area contributed by atoms with E-state index in [0.29, 0.717) is 28.2 Å². The van der Waals surface area contributed by atoms with Crippen molar-refractivity contribution in [1.82, 2.24) is 4.57 Å². The molecule has 0 aliphatic rings. The minimum Gasteiger partial charge on any atom is -0.462 e. The van der Waals surface area contributed by atoms with Crippen molar-refractivity contribution in [3.05, 3.63) is 44.8 Å². The van der Waals surface area contributed by atoms with Gasteiger partial charge in [0.2, 0.25) is 5.91 Å². The van der Waals surface area contributed by atoms with Crippen LogP contribution >= 0.6 is 34.4 Å². The van der Waals surface area contributed by atoms with Crippen LogP contribution in [0.15, 0.2) is 23.2 Å². The first kappa shape index (κ1) is 30.5. The van der Waals surface area contributed by atoms with Crippen molar-refractivity contribution in [3.63, 3.8) is 0 Å². The van der Waals surface area contributed by atoms with E-state index in [2.05, 4.69) is 10.3 Å². The van der Waals surface area contributed by atoms with Crippen LogP contribution in [-0.4, -0.2) is 66.8 Å². The van der Waals surface area contributed by atoms with Gasteiger partial charge in [-0.2, -0.15) is 4.99 Å². The molecule has 2 aromatic heterocycles. The third kappa shape index (κ3) is 7.75. The molecule has 3 aromatic rings. The SMILES string of the molecule is CCOC(=O)c1sc(NC(=O)CSCC(=O)N=c2sc3cc(F)ccc3n2CCOC)c(C(=O)OCC)c1C. The first-order chi connectivity index (χ1) is 18.7. The highest BCUT2D eigenvalue weighted by atomic mass is 32.2. The van der Waals surface area contributed by atoms with Crippen LogP contribution in [0.2, 0.25) is 0 Å². The van der Waals surface area contributed by atoms with E-state index >= 15 is 0 Å². The molecule has 0 fully saturated rings. The zero-order valence-electron chi connectivity index (χ0n) is 21.8. The highest BCUT2D eigenvalue weighted by Crippen LogP contribution is 2.34. The number of rotatable bonds is 12. The van der Waals surface area contributed by atoms with Gasteiger partial charge in [0, 0.05) is 13.7 Å². The van der Waals surface area contributed by atoms with Crippen LogP contribution < -0.4 is 10.1 Å². The summed E-state index contributed by atoms with van der Waals surface area (Å²) in [6.45, 7) is 6.00. The van der Waals surface area contributed by atoms with Crippen molar-refractivity contribution in [3.8, 4) is 0 Å². The lowest BCUT2D eigenvalue weighted by Gasteiger charge is -2.07. The number of hydrogen-bond donors (Lipinski definition) is 1. The van der Waals surface area contributed by atoms with Crippen LogP contribution in [-0.2, 0) is 30.3 Å². The number of hydrogen-bond acceptors (Lipinski definition) is 10. The number of carbonyl (C=O) groups is 4. The maximum Gasteiger partial charge on any atom is 0.348 e. The topological polar surface area (TPSA) is 125 Å². The van der Waals surface area contributed by atoms with Crippen molar-refractivity contribution in [2.24, 2.45) is 4.99 Å². The first-order valence-electron chi connectivity index (χ1n) is 11.9. The van der Waals surface area contributed by atoms with Crippen molar-refractivity contribution in [2.75, 3.05) is 43.8 Å². The predicted molar refractivity (Wildman–Crippen MR) is 149 cm³/mol. The Bertz CT molecular complexity index is 1440. The number of ether oxygens (including phenoxy) is 3. The fourth-order valence-corrected chi connectivity index (χ4v) is 6.31. The van der Waals surface area contributed by atoms with Gasteiger partial charge in [0.25, 0.3) is 5.91 Å². The van der Waals surface area contributed by atoms with Crippen LogP contribution in [0.25, 0.3) is 10.2 Å². The molecular formula is C25H28FN3O7S3. The second-order valence-corrected chi connectivity index (χ2v) is 10.9. The quantitative estimate of drug-likeness (QED) is 0.311. The number of anilines is 1. The van der Waals surface area contributed by atoms with E-state index in [1.54, 1.807) is 38.5 Å². The van der Waals surface area contributed by atoms with Gasteiger partial charge in [0.1, 0.15) is 15.7 Å². The molecule has 0 saturated carbocycles. The van der Waals surface area contributed by atoms with Gasteiger partial charge >= 0.3 is 11.9 Å². The molecule has 0 bridgehead atoms. The van der Waals surface area contributed by atoms with Crippen molar-refractivity contribution in [2.45, 2.75) is 27.3 Å². The molecular weight excluding hydrogens is 569 g/mol. The normalized spacial score (nSPS) is 11.6. The number of esters is 2. The van der Waals surface area contributed by atoms with E-state index in [9.17, 15) is 23.6 Å². The van der Waals surface area contributed by atoms with Gasteiger partial charge in [-0.3, -0.25) is 9.59 Å². The summed E-state index contributed by atoms with van der Waals surface area (Å²) in [5.74, 6) is -2.76. The lowest BCUT2D eigenvalue weighted by molar-refractivity contribution is -0.115. The molecule has 2 heterocycles. The Labute approximate surface area is 236 Å². The van der Waals surface area contributed by atoms with Gasteiger partial charge in [-0.15, -0.1) is 23.1 Å². The van der Waals surface area contributed by atoms with E-state index in [-0.39, 0.29) is 46.0 Å². The number of benzene rings is 1.